The van der Waals surface area contributed by atoms with E-state index < -0.39 is 5.82 Å². The smallest absolute Gasteiger partial charge is 0.168 e. The van der Waals surface area contributed by atoms with Crippen LogP contribution in [-0.2, 0) is 0 Å². The Morgan fingerprint density at radius 3 is 2.19 bits per heavy atom. The Morgan fingerprint density at radius 2 is 1.52 bits per heavy atom. The van der Waals surface area contributed by atoms with Gasteiger partial charge in [-0.15, -0.1) is 0 Å². The van der Waals surface area contributed by atoms with Crippen molar-refractivity contribution in [2.24, 2.45) is 0 Å². The molecule has 5 nitrogen and oxygen atoms in total. The standard InChI is InChI=1S/C21H14FN5/c22-19-11-12-20(25-17-7-3-15(4-8-17)2-1-13-23)27-21(19)26-18-9-5-16(14-24)6-10-18/h1-12H,(H2,25,26,27)/b2-1+. The lowest BCUT2D eigenvalue weighted by atomic mass is 10.2. The first-order chi connectivity index (χ1) is 13.2. The van der Waals surface area contributed by atoms with Gasteiger partial charge in [-0.2, -0.15) is 10.5 Å². The van der Waals surface area contributed by atoms with Gasteiger partial charge >= 0.3 is 0 Å². The number of nitrogens with one attached hydrogen (secondary N) is 2. The van der Waals surface area contributed by atoms with Crippen LogP contribution in [0.15, 0.2) is 66.7 Å². The molecule has 1 aromatic heterocycles. The molecule has 3 rings (SSSR count). The van der Waals surface area contributed by atoms with Gasteiger partial charge in [0.15, 0.2) is 11.6 Å². The summed E-state index contributed by atoms with van der Waals surface area (Å²) in [5.41, 5.74) is 2.84. The molecule has 0 aliphatic carbocycles. The number of pyridine rings is 1. The molecule has 0 aliphatic rings. The Labute approximate surface area is 156 Å². The minimum Gasteiger partial charge on any atom is -0.340 e. The lowest BCUT2D eigenvalue weighted by Crippen LogP contribution is -2.01. The van der Waals surface area contributed by atoms with E-state index in [1.165, 1.54) is 12.1 Å². The van der Waals surface area contributed by atoms with Crippen molar-refractivity contribution in [3.63, 3.8) is 0 Å². The molecule has 2 N–H and O–H groups in total. The first-order valence-electron chi connectivity index (χ1n) is 8.05. The van der Waals surface area contributed by atoms with Crippen LogP contribution in [0, 0.1) is 28.5 Å². The molecule has 0 aliphatic heterocycles. The van der Waals surface area contributed by atoms with E-state index in [2.05, 4.69) is 15.6 Å². The van der Waals surface area contributed by atoms with Gasteiger partial charge in [0.1, 0.15) is 5.82 Å². The number of halogens is 1. The first kappa shape index (κ1) is 17.7. The van der Waals surface area contributed by atoms with E-state index in [-0.39, 0.29) is 5.82 Å². The lowest BCUT2D eigenvalue weighted by Gasteiger charge is -2.10. The van der Waals surface area contributed by atoms with Gasteiger partial charge in [0.2, 0.25) is 0 Å². The highest BCUT2D eigenvalue weighted by molar-refractivity contribution is 5.64. The molecule has 0 fully saturated rings. The van der Waals surface area contributed by atoms with Gasteiger partial charge in [0, 0.05) is 17.5 Å². The zero-order chi connectivity index (χ0) is 19.1. The number of allylic oxidation sites excluding steroid dienone is 1. The monoisotopic (exact) mass is 355 g/mol. The Bertz CT molecular complexity index is 1040. The van der Waals surface area contributed by atoms with Crippen LogP contribution < -0.4 is 10.6 Å². The van der Waals surface area contributed by atoms with Crippen LogP contribution in [0.2, 0.25) is 0 Å². The molecule has 0 unspecified atom stereocenters. The van der Waals surface area contributed by atoms with Crippen molar-refractivity contribution in [1.82, 2.24) is 4.98 Å². The second kappa shape index (κ2) is 8.28. The number of anilines is 4. The van der Waals surface area contributed by atoms with Gasteiger partial charge in [0.05, 0.1) is 17.7 Å². The normalized spacial score (nSPS) is 10.2. The molecular weight excluding hydrogens is 341 g/mol. The van der Waals surface area contributed by atoms with Crippen LogP contribution in [0.4, 0.5) is 27.4 Å². The number of hydrogen-bond donors (Lipinski definition) is 2. The van der Waals surface area contributed by atoms with Gasteiger partial charge < -0.3 is 10.6 Å². The zero-order valence-electron chi connectivity index (χ0n) is 14.1. The molecule has 2 aromatic carbocycles. The van der Waals surface area contributed by atoms with Crippen LogP contribution in [0.1, 0.15) is 11.1 Å². The van der Waals surface area contributed by atoms with E-state index in [0.717, 1.165) is 11.3 Å². The van der Waals surface area contributed by atoms with Crippen LogP contribution in [-0.4, -0.2) is 4.98 Å². The average Bonchev–Trinajstić information content (AvgIpc) is 2.70. The summed E-state index contributed by atoms with van der Waals surface area (Å²) in [7, 11) is 0. The summed E-state index contributed by atoms with van der Waals surface area (Å²) in [4.78, 5) is 4.26. The Hall–Kier alpha value is -4.16. The summed E-state index contributed by atoms with van der Waals surface area (Å²) >= 11 is 0. The summed E-state index contributed by atoms with van der Waals surface area (Å²) < 4.78 is 14.1. The van der Waals surface area contributed by atoms with Crippen molar-refractivity contribution in [2.75, 3.05) is 10.6 Å². The zero-order valence-corrected chi connectivity index (χ0v) is 14.1. The highest BCUT2D eigenvalue weighted by Crippen LogP contribution is 2.22. The molecular formula is C21H14FN5. The Kier molecular flexibility index (Phi) is 5.42. The number of rotatable bonds is 5. The molecule has 0 bridgehead atoms. The van der Waals surface area contributed by atoms with Crippen molar-refractivity contribution < 1.29 is 4.39 Å². The maximum Gasteiger partial charge on any atom is 0.168 e. The molecule has 0 radical (unpaired) electrons. The minimum atomic E-state index is -0.484. The summed E-state index contributed by atoms with van der Waals surface area (Å²) in [6.45, 7) is 0. The maximum atomic E-state index is 14.1. The highest BCUT2D eigenvalue weighted by Gasteiger charge is 2.07. The topological polar surface area (TPSA) is 84.5 Å². The second-order valence-electron chi connectivity index (χ2n) is 5.55. The molecule has 1 heterocycles. The van der Waals surface area contributed by atoms with Crippen LogP contribution in [0.25, 0.3) is 6.08 Å². The largest absolute Gasteiger partial charge is 0.340 e. The molecule has 0 saturated heterocycles. The maximum absolute atomic E-state index is 14.1. The van der Waals surface area contributed by atoms with Gasteiger partial charge in [-0.25, -0.2) is 9.37 Å². The van der Waals surface area contributed by atoms with Gasteiger partial charge in [-0.1, -0.05) is 12.1 Å². The number of nitriles is 2. The third-order valence-corrected chi connectivity index (χ3v) is 3.66. The highest BCUT2D eigenvalue weighted by atomic mass is 19.1. The molecule has 0 atom stereocenters. The first-order valence-corrected chi connectivity index (χ1v) is 8.05. The van der Waals surface area contributed by atoms with E-state index >= 15 is 0 Å². The molecule has 27 heavy (non-hydrogen) atoms. The molecule has 130 valence electrons. The summed E-state index contributed by atoms with van der Waals surface area (Å²) in [6, 6.07) is 20.9. The predicted molar refractivity (Wildman–Crippen MR) is 103 cm³/mol. The summed E-state index contributed by atoms with van der Waals surface area (Å²) in [5.74, 6) is 0.0769. The van der Waals surface area contributed by atoms with Crippen molar-refractivity contribution in [3.8, 4) is 12.1 Å². The van der Waals surface area contributed by atoms with Gasteiger partial charge in [-0.3, -0.25) is 0 Å². The summed E-state index contributed by atoms with van der Waals surface area (Å²) in [6.07, 6.45) is 3.12. The Balaban J connectivity index is 1.75. The van der Waals surface area contributed by atoms with Gasteiger partial charge in [-0.05, 0) is 60.2 Å². The second-order valence-corrected chi connectivity index (χ2v) is 5.55. The number of nitrogens with zero attached hydrogens (tertiary/aromatic N) is 3. The van der Waals surface area contributed by atoms with Crippen LogP contribution in [0.5, 0.6) is 0 Å². The predicted octanol–water partition coefficient (Wildman–Crippen LogP) is 5.12. The molecule has 3 aromatic rings. The molecule has 0 spiro atoms. The van der Waals surface area contributed by atoms with E-state index in [1.54, 1.807) is 36.4 Å². The molecule has 0 amide bonds. The third kappa shape index (κ3) is 4.68. The van der Waals surface area contributed by atoms with Crippen molar-refractivity contribution >= 4 is 29.1 Å². The van der Waals surface area contributed by atoms with Crippen molar-refractivity contribution in [2.45, 2.75) is 0 Å². The quantitative estimate of drug-likeness (QED) is 0.621. The fourth-order valence-electron chi connectivity index (χ4n) is 2.32. The van der Waals surface area contributed by atoms with Crippen LogP contribution >= 0.6 is 0 Å². The van der Waals surface area contributed by atoms with E-state index in [0.29, 0.717) is 17.1 Å². The molecule has 0 saturated carbocycles. The molecule has 6 heteroatoms. The number of hydrogen-bond acceptors (Lipinski definition) is 5. The Morgan fingerprint density at radius 1 is 0.852 bits per heavy atom. The van der Waals surface area contributed by atoms with Gasteiger partial charge in [0.25, 0.3) is 0 Å². The van der Waals surface area contributed by atoms with Crippen molar-refractivity contribution in [3.05, 3.63) is 83.7 Å². The fraction of sp³-hybridized carbons (Fsp3) is 0. The average molecular weight is 355 g/mol. The summed E-state index contributed by atoms with van der Waals surface area (Å²) in [5, 5.41) is 23.4. The minimum absolute atomic E-state index is 0.0817. The van der Waals surface area contributed by atoms with Crippen LogP contribution in [0.3, 0.4) is 0 Å². The number of aromatic nitrogens is 1. The van der Waals surface area contributed by atoms with E-state index in [9.17, 15) is 4.39 Å². The van der Waals surface area contributed by atoms with E-state index in [1.807, 2.05) is 36.4 Å². The van der Waals surface area contributed by atoms with E-state index in [4.69, 9.17) is 10.5 Å². The fourth-order valence-corrected chi connectivity index (χ4v) is 2.32. The lowest BCUT2D eigenvalue weighted by molar-refractivity contribution is 0.627. The SMILES string of the molecule is N#C/C=C/c1ccc(Nc2ccc(F)c(Nc3ccc(C#N)cc3)n2)cc1. The number of benzene rings is 2. The van der Waals surface area contributed by atoms with Crippen molar-refractivity contribution in [1.29, 1.82) is 10.5 Å². The third-order valence-electron chi connectivity index (χ3n) is 3.66.